The maximum absolute atomic E-state index is 12.6. The van der Waals surface area contributed by atoms with Crippen molar-refractivity contribution in [3.05, 3.63) is 53.6 Å². The number of ether oxygens (including phenoxy) is 3. The van der Waals surface area contributed by atoms with Gasteiger partial charge in [-0.1, -0.05) is 12.1 Å². The zero-order valence-electron chi connectivity index (χ0n) is 12.0. The van der Waals surface area contributed by atoms with Crippen LogP contribution in [-0.2, 0) is 0 Å². The second-order valence-electron chi connectivity index (χ2n) is 4.86. The summed E-state index contributed by atoms with van der Waals surface area (Å²) in [5.74, 6) is 1.84. The lowest BCUT2D eigenvalue weighted by atomic mass is 9.89. The Morgan fingerprint density at radius 1 is 1.00 bits per heavy atom. The SMILES string of the molecule is COc1ccc([C@@H]2COc3cc(OC)ccc3C2=O)cc1. The maximum Gasteiger partial charge on any atom is 0.177 e. The topological polar surface area (TPSA) is 44.8 Å². The van der Waals surface area contributed by atoms with Crippen LogP contribution in [0.5, 0.6) is 17.2 Å². The molecule has 4 heteroatoms. The number of benzene rings is 2. The predicted molar refractivity (Wildman–Crippen MR) is 78.6 cm³/mol. The van der Waals surface area contributed by atoms with Crippen molar-refractivity contribution in [3.8, 4) is 17.2 Å². The third-order valence-electron chi connectivity index (χ3n) is 3.69. The van der Waals surface area contributed by atoms with Gasteiger partial charge >= 0.3 is 0 Å². The van der Waals surface area contributed by atoms with Crippen LogP contribution in [0.1, 0.15) is 21.8 Å². The average molecular weight is 284 g/mol. The van der Waals surface area contributed by atoms with Crippen LogP contribution < -0.4 is 14.2 Å². The first-order valence-corrected chi connectivity index (χ1v) is 6.72. The molecule has 0 bridgehead atoms. The van der Waals surface area contributed by atoms with E-state index in [1.807, 2.05) is 24.3 Å². The molecule has 0 amide bonds. The molecule has 21 heavy (non-hydrogen) atoms. The molecule has 4 nitrogen and oxygen atoms in total. The summed E-state index contributed by atoms with van der Waals surface area (Å²) in [6.45, 7) is 0.339. The molecule has 1 aliphatic heterocycles. The van der Waals surface area contributed by atoms with E-state index < -0.39 is 0 Å². The Balaban J connectivity index is 1.90. The third kappa shape index (κ3) is 2.44. The molecule has 0 N–H and O–H groups in total. The highest BCUT2D eigenvalue weighted by atomic mass is 16.5. The van der Waals surface area contributed by atoms with Crippen LogP contribution in [0.4, 0.5) is 0 Å². The first-order valence-electron chi connectivity index (χ1n) is 6.72. The Morgan fingerprint density at radius 2 is 1.67 bits per heavy atom. The number of fused-ring (bicyclic) bond motifs is 1. The third-order valence-corrected chi connectivity index (χ3v) is 3.69. The molecule has 0 radical (unpaired) electrons. The highest BCUT2D eigenvalue weighted by Gasteiger charge is 2.30. The number of methoxy groups -OCH3 is 2. The molecule has 0 unspecified atom stereocenters. The van der Waals surface area contributed by atoms with Gasteiger partial charge in [0, 0.05) is 6.07 Å². The number of ketones is 1. The summed E-state index contributed by atoms with van der Waals surface area (Å²) in [5, 5.41) is 0. The summed E-state index contributed by atoms with van der Waals surface area (Å²) in [6, 6.07) is 12.8. The lowest BCUT2D eigenvalue weighted by molar-refractivity contribution is 0.0896. The minimum absolute atomic E-state index is 0.0732. The number of hydrogen-bond acceptors (Lipinski definition) is 4. The Morgan fingerprint density at radius 3 is 2.33 bits per heavy atom. The summed E-state index contributed by atoms with van der Waals surface area (Å²) in [6.07, 6.45) is 0. The first kappa shape index (κ1) is 13.5. The van der Waals surface area contributed by atoms with Crippen molar-refractivity contribution in [2.45, 2.75) is 5.92 Å². The summed E-state index contributed by atoms with van der Waals surface area (Å²) >= 11 is 0. The summed E-state index contributed by atoms with van der Waals surface area (Å²) in [4.78, 5) is 12.6. The van der Waals surface area contributed by atoms with E-state index in [4.69, 9.17) is 14.2 Å². The Kier molecular flexibility index (Phi) is 3.52. The van der Waals surface area contributed by atoms with Gasteiger partial charge in [0.2, 0.25) is 0 Å². The maximum atomic E-state index is 12.6. The average Bonchev–Trinajstić information content (AvgIpc) is 2.55. The molecule has 1 atom stereocenters. The quantitative estimate of drug-likeness (QED) is 0.869. The summed E-state index contributed by atoms with van der Waals surface area (Å²) in [5.41, 5.74) is 1.53. The molecule has 0 saturated heterocycles. The van der Waals surface area contributed by atoms with Gasteiger partial charge < -0.3 is 14.2 Å². The largest absolute Gasteiger partial charge is 0.497 e. The Labute approximate surface area is 123 Å². The van der Waals surface area contributed by atoms with E-state index in [-0.39, 0.29) is 11.7 Å². The van der Waals surface area contributed by atoms with Gasteiger partial charge in [0.1, 0.15) is 23.9 Å². The number of carbonyl (C=O) groups is 1. The molecule has 2 aromatic rings. The van der Waals surface area contributed by atoms with Crippen molar-refractivity contribution in [1.82, 2.24) is 0 Å². The fourth-order valence-electron chi connectivity index (χ4n) is 2.47. The number of Topliss-reactive ketones (excluding diaryl/α,β-unsaturated/α-hetero) is 1. The molecule has 0 saturated carbocycles. The predicted octanol–water partition coefficient (Wildman–Crippen LogP) is 3.06. The smallest absolute Gasteiger partial charge is 0.177 e. The van der Waals surface area contributed by atoms with E-state index >= 15 is 0 Å². The zero-order valence-corrected chi connectivity index (χ0v) is 12.0. The standard InChI is InChI=1S/C17H16O4/c1-19-12-5-3-11(4-6-12)15-10-21-16-9-13(20-2)7-8-14(16)17(15)18/h3-9,15H,10H2,1-2H3/t15-/m0/s1. The molecule has 108 valence electrons. The fraction of sp³-hybridized carbons (Fsp3) is 0.235. The van der Waals surface area contributed by atoms with E-state index in [1.54, 1.807) is 32.4 Å². The summed E-state index contributed by atoms with van der Waals surface area (Å²) in [7, 11) is 3.21. The number of carbonyl (C=O) groups excluding carboxylic acids is 1. The Hall–Kier alpha value is -2.49. The molecule has 0 aromatic heterocycles. The van der Waals surface area contributed by atoms with Gasteiger partial charge in [-0.2, -0.15) is 0 Å². The van der Waals surface area contributed by atoms with Crippen LogP contribution in [0, 0.1) is 0 Å². The Bertz CT molecular complexity index is 661. The van der Waals surface area contributed by atoms with Gasteiger partial charge in [-0.25, -0.2) is 0 Å². The van der Waals surface area contributed by atoms with Crippen LogP contribution in [0.2, 0.25) is 0 Å². The van der Waals surface area contributed by atoms with Gasteiger partial charge in [-0.3, -0.25) is 4.79 Å². The number of hydrogen-bond donors (Lipinski definition) is 0. The van der Waals surface area contributed by atoms with Crippen LogP contribution in [-0.4, -0.2) is 26.6 Å². The van der Waals surface area contributed by atoms with E-state index in [0.717, 1.165) is 11.3 Å². The zero-order chi connectivity index (χ0) is 14.8. The van der Waals surface area contributed by atoms with Crippen molar-refractivity contribution in [3.63, 3.8) is 0 Å². The van der Waals surface area contributed by atoms with E-state index in [0.29, 0.717) is 23.7 Å². The second kappa shape index (κ2) is 5.48. The van der Waals surface area contributed by atoms with Crippen molar-refractivity contribution >= 4 is 5.78 Å². The fourth-order valence-corrected chi connectivity index (χ4v) is 2.47. The van der Waals surface area contributed by atoms with E-state index in [9.17, 15) is 4.79 Å². The monoisotopic (exact) mass is 284 g/mol. The first-order chi connectivity index (χ1) is 10.2. The van der Waals surface area contributed by atoms with E-state index in [1.165, 1.54) is 0 Å². The highest BCUT2D eigenvalue weighted by molar-refractivity contribution is 6.04. The molecule has 0 fully saturated rings. The molecule has 2 aromatic carbocycles. The van der Waals surface area contributed by atoms with Gasteiger partial charge in [0.15, 0.2) is 5.78 Å². The van der Waals surface area contributed by atoms with Crippen molar-refractivity contribution < 1.29 is 19.0 Å². The molecule has 0 spiro atoms. The highest BCUT2D eigenvalue weighted by Crippen LogP contribution is 2.35. The van der Waals surface area contributed by atoms with Gasteiger partial charge in [0.05, 0.1) is 25.7 Å². The van der Waals surface area contributed by atoms with Crippen LogP contribution in [0.15, 0.2) is 42.5 Å². The van der Waals surface area contributed by atoms with Crippen molar-refractivity contribution in [2.75, 3.05) is 20.8 Å². The molecule has 1 aliphatic rings. The molecule has 0 aliphatic carbocycles. The number of rotatable bonds is 3. The summed E-state index contributed by atoms with van der Waals surface area (Å²) < 4.78 is 16.0. The van der Waals surface area contributed by atoms with Gasteiger partial charge in [-0.15, -0.1) is 0 Å². The second-order valence-corrected chi connectivity index (χ2v) is 4.86. The molecular formula is C17H16O4. The minimum atomic E-state index is -0.281. The van der Waals surface area contributed by atoms with E-state index in [2.05, 4.69) is 0 Å². The van der Waals surface area contributed by atoms with Gasteiger partial charge in [-0.05, 0) is 29.8 Å². The van der Waals surface area contributed by atoms with Crippen LogP contribution in [0.25, 0.3) is 0 Å². The molecule has 3 rings (SSSR count). The van der Waals surface area contributed by atoms with Crippen LogP contribution >= 0.6 is 0 Å². The molecular weight excluding hydrogens is 268 g/mol. The lowest BCUT2D eigenvalue weighted by Crippen LogP contribution is -2.26. The van der Waals surface area contributed by atoms with Gasteiger partial charge in [0.25, 0.3) is 0 Å². The van der Waals surface area contributed by atoms with Crippen LogP contribution in [0.3, 0.4) is 0 Å². The molecule has 1 heterocycles. The normalized spacial score (nSPS) is 16.9. The van der Waals surface area contributed by atoms with Crippen molar-refractivity contribution in [2.24, 2.45) is 0 Å². The lowest BCUT2D eigenvalue weighted by Gasteiger charge is -2.24. The minimum Gasteiger partial charge on any atom is -0.497 e. The van der Waals surface area contributed by atoms with Crippen molar-refractivity contribution in [1.29, 1.82) is 0 Å².